The third-order valence-corrected chi connectivity index (χ3v) is 4.90. The molecule has 0 amide bonds. The number of fused-ring (bicyclic) bond motifs is 3. The highest BCUT2D eigenvalue weighted by molar-refractivity contribution is 5.86. The minimum Gasteiger partial charge on any atom is -0.496 e. The summed E-state index contributed by atoms with van der Waals surface area (Å²) in [4.78, 5) is 4.61. The lowest BCUT2D eigenvalue weighted by Gasteiger charge is -2.28. The lowest BCUT2D eigenvalue weighted by Crippen LogP contribution is -2.23. The summed E-state index contributed by atoms with van der Waals surface area (Å²) in [5.41, 5.74) is 3.42. The Kier molecular flexibility index (Phi) is 3.11. The van der Waals surface area contributed by atoms with Crippen molar-refractivity contribution >= 4 is 10.9 Å². The molecule has 2 saturated heterocycles. The highest BCUT2D eigenvalue weighted by Gasteiger charge is 2.35. The summed E-state index contributed by atoms with van der Waals surface area (Å²) < 4.78 is 11.5. The van der Waals surface area contributed by atoms with E-state index in [-0.39, 0.29) is 0 Å². The molecular weight excluding hydrogens is 262 g/mol. The molecular formula is C18H21NO2. The second kappa shape index (κ2) is 4.99. The van der Waals surface area contributed by atoms with Crippen molar-refractivity contribution in [1.29, 1.82) is 0 Å². The summed E-state index contributed by atoms with van der Waals surface area (Å²) in [5, 5.41) is 1.12. The number of methoxy groups -OCH3 is 1. The minimum absolute atomic E-state index is 0.475. The van der Waals surface area contributed by atoms with Gasteiger partial charge >= 0.3 is 0 Å². The smallest absolute Gasteiger partial charge is 0.130 e. The monoisotopic (exact) mass is 283 g/mol. The van der Waals surface area contributed by atoms with E-state index in [0.29, 0.717) is 18.1 Å². The molecule has 1 aromatic carbocycles. The van der Waals surface area contributed by atoms with Crippen LogP contribution in [0.1, 0.15) is 42.9 Å². The van der Waals surface area contributed by atoms with Crippen molar-refractivity contribution in [3.8, 4) is 5.75 Å². The molecule has 0 radical (unpaired) electrons. The first-order valence-electron chi connectivity index (χ1n) is 7.83. The molecule has 0 saturated carbocycles. The van der Waals surface area contributed by atoms with Crippen molar-refractivity contribution in [2.45, 2.75) is 50.7 Å². The summed E-state index contributed by atoms with van der Waals surface area (Å²) in [7, 11) is 1.73. The van der Waals surface area contributed by atoms with Gasteiger partial charge in [-0.25, -0.2) is 0 Å². The lowest BCUT2D eigenvalue weighted by atomic mass is 9.88. The Hall–Kier alpha value is -1.61. The molecule has 21 heavy (non-hydrogen) atoms. The van der Waals surface area contributed by atoms with Gasteiger partial charge in [0.05, 0.1) is 24.8 Å². The average molecular weight is 283 g/mol. The maximum Gasteiger partial charge on any atom is 0.130 e. The number of hydrogen-bond donors (Lipinski definition) is 0. The Morgan fingerprint density at radius 1 is 1.14 bits per heavy atom. The zero-order valence-corrected chi connectivity index (χ0v) is 12.6. The first-order valence-corrected chi connectivity index (χ1v) is 7.83. The fraction of sp³-hybridized carbons (Fsp3) is 0.500. The van der Waals surface area contributed by atoms with Crippen molar-refractivity contribution in [3.63, 3.8) is 0 Å². The van der Waals surface area contributed by atoms with E-state index in [9.17, 15) is 0 Å². The van der Waals surface area contributed by atoms with Crippen LogP contribution < -0.4 is 4.74 Å². The zero-order chi connectivity index (χ0) is 14.4. The Morgan fingerprint density at radius 3 is 2.62 bits per heavy atom. The van der Waals surface area contributed by atoms with E-state index < -0.39 is 0 Å². The molecule has 0 N–H and O–H groups in total. The number of nitrogens with zero attached hydrogens (tertiary/aromatic N) is 1. The van der Waals surface area contributed by atoms with Gasteiger partial charge in [0.2, 0.25) is 0 Å². The Bertz CT molecular complexity index is 670. The number of aromatic nitrogens is 1. The van der Waals surface area contributed by atoms with Gasteiger partial charge in [0.1, 0.15) is 5.75 Å². The van der Waals surface area contributed by atoms with Gasteiger partial charge in [-0.2, -0.15) is 0 Å². The van der Waals surface area contributed by atoms with Crippen molar-refractivity contribution in [3.05, 3.63) is 35.5 Å². The molecule has 0 spiro atoms. The lowest BCUT2D eigenvalue weighted by molar-refractivity contribution is -0.00378. The normalized spacial score (nSPS) is 28.0. The molecule has 2 aliphatic rings. The predicted octanol–water partition coefficient (Wildman–Crippen LogP) is 3.98. The van der Waals surface area contributed by atoms with Gasteiger partial charge in [0.15, 0.2) is 0 Å². The quantitative estimate of drug-likeness (QED) is 0.835. The molecule has 1 aromatic heterocycles. The molecule has 2 bridgehead atoms. The van der Waals surface area contributed by atoms with E-state index in [4.69, 9.17) is 9.47 Å². The molecule has 3 atom stereocenters. The van der Waals surface area contributed by atoms with Gasteiger partial charge < -0.3 is 9.47 Å². The predicted molar refractivity (Wildman–Crippen MR) is 82.9 cm³/mol. The van der Waals surface area contributed by atoms with E-state index in [2.05, 4.69) is 23.2 Å². The minimum atomic E-state index is 0.475. The molecule has 3 heteroatoms. The van der Waals surface area contributed by atoms with Crippen LogP contribution in [0.4, 0.5) is 0 Å². The molecule has 3 heterocycles. The van der Waals surface area contributed by atoms with E-state index >= 15 is 0 Å². The third kappa shape index (κ3) is 2.30. The average Bonchev–Trinajstić information content (AvgIpc) is 2.84. The first kappa shape index (κ1) is 13.1. The highest BCUT2D eigenvalue weighted by atomic mass is 16.5. The summed E-state index contributed by atoms with van der Waals surface area (Å²) in [6.45, 7) is 2.01. The molecule has 3 nitrogen and oxygen atoms in total. The number of hydrogen-bond acceptors (Lipinski definition) is 3. The van der Waals surface area contributed by atoms with Crippen LogP contribution >= 0.6 is 0 Å². The number of ether oxygens (including phenoxy) is 2. The number of rotatable bonds is 2. The SMILES string of the molecule is COc1cc(C)nc2ccc(C3CC4CC[C@H](C3)O4)cc12. The summed E-state index contributed by atoms with van der Waals surface area (Å²) in [6.07, 6.45) is 5.73. The van der Waals surface area contributed by atoms with E-state index in [1.807, 2.05) is 13.0 Å². The third-order valence-electron chi connectivity index (χ3n) is 4.90. The number of benzene rings is 1. The zero-order valence-electron chi connectivity index (χ0n) is 12.6. The second-order valence-corrected chi connectivity index (χ2v) is 6.37. The molecule has 2 aromatic rings. The Balaban J connectivity index is 1.74. The van der Waals surface area contributed by atoms with Gasteiger partial charge in [-0.3, -0.25) is 4.98 Å². The van der Waals surface area contributed by atoms with E-state index in [1.165, 1.54) is 18.4 Å². The van der Waals surface area contributed by atoms with Gasteiger partial charge in [-0.1, -0.05) is 6.07 Å². The standard InChI is InChI=1S/C18H21NO2/c1-11-7-18(20-2)16-10-12(3-6-17(16)19-11)13-8-14-4-5-15(9-13)21-14/h3,6-7,10,13-15H,4-5,8-9H2,1-2H3/t13?,14-,15?/m1/s1. The van der Waals surface area contributed by atoms with Crippen LogP contribution in [0.25, 0.3) is 10.9 Å². The second-order valence-electron chi connectivity index (χ2n) is 6.37. The topological polar surface area (TPSA) is 31.4 Å². The molecule has 0 aliphatic carbocycles. The van der Waals surface area contributed by atoms with E-state index in [0.717, 1.165) is 35.2 Å². The van der Waals surface area contributed by atoms with E-state index in [1.54, 1.807) is 7.11 Å². The van der Waals surface area contributed by atoms with Gasteiger partial charge in [0.25, 0.3) is 0 Å². The van der Waals surface area contributed by atoms with Crippen LogP contribution in [0.2, 0.25) is 0 Å². The van der Waals surface area contributed by atoms with Crippen molar-refractivity contribution in [1.82, 2.24) is 4.98 Å². The van der Waals surface area contributed by atoms with Crippen LogP contribution in [-0.4, -0.2) is 24.3 Å². The summed E-state index contributed by atoms with van der Waals surface area (Å²) in [6, 6.07) is 8.66. The fourth-order valence-electron chi connectivity index (χ4n) is 3.89. The Labute approximate surface area is 125 Å². The largest absolute Gasteiger partial charge is 0.496 e. The molecule has 4 rings (SSSR count). The van der Waals surface area contributed by atoms with Crippen LogP contribution in [0, 0.1) is 6.92 Å². The fourth-order valence-corrected chi connectivity index (χ4v) is 3.89. The maximum atomic E-state index is 5.96. The Morgan fingerprint density at radius 2 is 1.90 bits per heavy atom. The van der Waals surface area contributed by atoms with Crippen LogP contribution in [0.15, 0.2) is 24.3 Å². The molecule has 2 unspecified atom stereocenters. The van der Waals surface area contributed by atoms with Crippen molar-refractivity contribution in [2.24, 2.45) is 0 Å². The molecule has 110 valence electrons. The molecule has 2 fully saturated rings. The molecule has 2 aliphatic heterocycles. The maximum absolute atomic E-state index is 5.96. The van der Waals surface area contributed by atoms with Crippen LogP contribution in [-0.2, 0) is 4.74 Å². The summed E-state index contributed by atoms with van der Waals surface area (Å²) in [5.74, 6) is 1.54. The first-order chi connectivity index (χ1) is 10.2. The number of pyridine rings is 1. The van der Waals surface area contributed by atoms with Crippen LogP contribution in [0.3, 0.4) is 0 Å². The van der Waals surface area contributed by atoms with Gasteiger partial charge in [-0.05, 0) is 56.2 Å². The van der Waals surface area contributed by atoms with Crippen molar-refractivity contribution < 1.29 is 9.47 Å². The van der Waals surface area contributed by atoms with Crippen LogP contribution in [0.5, 0.6) is 5.75 Å². The van der Waals surface area contributed by atoms with Gasteiger partial charge in [0, 0.05) is 17.1 Å². The van der Waals surface area contributed by atoms with Crippen molar-refractivity contribution in [2.75, 3.05) is 7.11 Å². The number of aryl methyl sites for hydroxylation is 1. The summed E-state index contributed by atoms with van der Waals surface area (Å²) >= 11 is 0. The van der Waals surface area contributed by atoms with Gasteiger partial charge in [-0.15, -0.1) is 0 Å². The highest BCUT2D eigenvalue weighted by Crippen LogP contribution is 2.42.